The Hall–Kier alpha value is -0.210. The number of piperidine rings is 1. The van der Waals surface area contributed by atoms with E-state index in [2.05, 4.69) is 10.0 Å². The van der Waals surface area contributed by atoms with Crippen LogP contribution in [0.4, 0.5) is 0 Å². The highest BCUT2D eigenvalue weighted by Gasteiger charge is 2.31. The number of nitrogens with one attached hydrogen (secondary N) is 2. The van der Waals surface area contributed by atoms with Crippen molar-refractivity contribution in [2.45, 2.75) is 32.2 Å². The molecule has 1 unspecified atom stereocenters. The minimum absolute atomic E-state index is 0.0552. The maximum Gasteiger partial charge on any atom is 0.279 e. The van der Waals surface area contributed by atoms with E-state index in [1.807, 2.05) is 0 Å². The maximum atomic E-state index is 12.0. The molecule has 1 aliphatic heterocycles. The Balaban J connectivity index is 2.51. The highest BCUT2D eigenvalue weighted by Crippen LogP contribution is 2.19. The molecule has 0 spiro atoms. The Morgan fingerprint density at radius 2 is 2.17 bits per heavy atom. The van der Waals surface area contributed by atoms with Crippen LogP contribution in [0, 0.1) is 0 Å². The molecule has 1 rings (SSSR count). The van der Waals surface area contributed by atoms with Crippen LogP contribution in [0.2, 0.25) is 0 Å². The Bertz CT molecular complexity index is 321. The lowest BCUT2D eigenvalue weighted by molar-refractivity contribution is 0.191. The van der Waals surface area contributed by atoms with E-state index >= 15 is 0 Å². The first-order valence-electron chi connectivity index (χ1n) is 6.58. The van der Waals surface area contributed by atoms with Crippen LogP contribution in [0.3, 0.4) is 0 Å². The van der Waals surface area contributed by atoms with Gasteiger partial charge in [0.05, 0.1) is 6.61 Å². The maximum absolute atomic E-state index is 12.0. The molecule has 0 saturated carbocycles. The molecule has 7 heteroatoms. The normalized spacial score (nSPS) is 22.2. The SMILES string of the molecule is CCNS(=O)(=O)N1CCCCC1CNCCOC. The van der Waals surface area contributed by atoms with Crippen molar-refractivity contribution in [3.05, 3.63) is 0 Å². The first-order chi connectivity index (χ1) is 8.61. The van der Waals surface area contributed by atoms with E-state index in [0.29, 0.717) is 26.2 Å². The molecule has 18 heavy (non-hydrogen) atoms. The molecule has 1 saturated heterocycles. The van der Waals surface area contributed by atoms with Crippen LogP contribution < -0.4 is 10.0 Å². The van der Waals surface area contributed by atoms with Gasteiger partial charge >= 0.3 is 0 Å². The number of hydrogen-bond acceptors (Lipinski definition) is 4. The number of nitrogens with zero attached hydrogens (tertiary/aromatic N) is 1. The second-order valence-electron chi connectivity index (χ2n) is 4.46. The van der Waals surface area contributed by atoms with E-state index in [9.17, 15) is 8.42 Å². The van der Waals surface area contributed by atoms with Crippen molar-refractivity contribution < 1.29 is 13.2 Å². The zero-order valence-electron chi connectivity index (χ0n) is 11.3. The van der Waals surface area contributed by atoms with Crippen molar-refractivity contribution in [1.82, 2.24) is 14.3 Å². The summed E-state index contributed by atoms with van der Waals surface area (Å²) in [5, 5.41) is 3.24. The molecule has 6 nitrogen and oxygen atoms in total. The fraction of sp³-hybridized carbons (Fsp3) is 1.00. The van der Waals surface area contributed by atoms with Crippen LogP contribution in [0.15, 0.2) is 0 Å². The highest BCUT2D eigenvalue weighted by molar-refractivity contribution is 7.87. The lowest BCUT2D eigenvalue weighted by Crippen LogP contribution is -2.52. The minimum Gasteiger partial charge on any atom is -0.383 e. The topological polar surface area (TPSA) is 70.7 Å². The molecule has 1 aliphatic rings. The van der Waals surface area contributed by atoms with E-state index in [1.165, 1.54) is 0 Å². The molecule has 1 heterocycles. The van der Waals surface area contributed by atoms with Gasteiger partial charge in [0, 0.05) is 39.3 Å². The van der Waals surface area contributed by atoms with Crippen LogP contribution in [0.1, 0.15) is 26.2 Å². The Morgan fingerprint density at radius 3 is 2.83 bits per heavy atom. The van der Waals surface area contributed by atoms with Gasteiger partial charge in [0.15, 0.2) is 0 Å². The minimum atomic E-state index is -3.31. The molecular formula is C11H25N3O3S. The molecule has 2 N–H and O–H groups in total. The zero-order chi connectivity index (χ0) is 13.4. The van der Waals surface area contributed by atoms with Gasteiger partial charge in [-0.2, -0.15) is 12.7 Å². The predicted octanol–water partition coefficient (Wildman–Crippen LogP) is -0.0688. The van der Waals surface area contributed by atoms with Crippen molar-refractivity contribution in [2.24, 2.45) is 0 Å². The summed E-state index contributed by atoms with van der Waals surface area (Å²) in [4.78, 5) is 0. The standard InChI is InChI=1S/C11H25N3O3S/c1-3-13-18(15,16)14-8-5-4-6-11(14)10-12-7-9-17-2/h11-13H,3-10H2,1-2H3. The van der Waals surface area contributed by atoms with Crippen molar-refractivity contribution in [3.8, 4) is 0 Å². The molecule has 0 aromatic heterocycles. The number of ether oxygens (including phenoxy) is 1. The van der Waals surface area contributed by atoms with Gasteiger partial charge in [-0.3, -0.25) is 0 Å². The van der Waals surface area contributed by atoms with Crippen molar-refractivity contribution in [2.75, 3.05) is 39.9 Å². The first-order valence-corrected chi connectivity index (χ1v) is 8.02. The summed E-state index contributed by atoms with van der Waals surface area (Å²) < 4.78 is 33.2. The van der Waals surface area contributed by atoms with Gasteiger partial charge in [0.25, 0.3) is 10.2 Å². The number of methoxy groups -OCH3 is 1. The van der Waals surface area contributed by atoms with Gasteiger partial charge < -0.3 is 10.1 Å². The van der Waals surface area contributed by atoms with E-state index in [1.54, 1.807) is 18.3 Å². The summed E-state index contributed by atoms with van der Waals surface area (Å²) >= 11 is 0. The first kappa shape index (κ1) is 15.8. The molecule has 0 aromatic carbocycles. The fourth-order valence-corrected chi connectivity index (χ4v) is 3.68. The molecule has 108 valence electrons. The van der Waals surface area contributed by atoms with Crippen LogP contribution in [0.25, 0.3) is 0 Å². The quantitative estimate of drug-likeness (QED) is 0.610. The molecule has 1 atom stereocenters. The molecule has 0 amide bonds. The number of hydrogen-bond donors (Lipinski definition) is 2. The van der Waals surface area contributed by atoms with Crippen LogP contribution in [-0.4, -0.2) is 58.7 Å². The van der Waals surface area contributed by atoms with Gasteiger partial charge in [-0.05, 0) is 12.8 Å². The van der Waals surface area contributed by atoms with Gasteiger partial charge in [-0.25, -0.2) is 4.72 Å². The third-order valence-electron chi connectivity index (χ3n) is 3.07. The van der Waals surface area contributed by atoms with Crippen molar-refractivity contribution in [1.29, 1.82) is 0 Å². The van der Waals surface area contributed by atoms with E-state index < -0.39 is 10.2 Å². The van der Waals surface area contributed by atoms with E-state index in [0.717, 1.165) is 25.8 Å². The van der Waals surface area contributed by atoms with Crippen LogP contribution in [0.5, 0.6) is 0 Å². The third kappa shape index (κ3) is 4.81. The monoisotopic (exact) mass is 279 g/mol. The van der Waals surface area contributed by atoms with E-state index in [-0.39, 0.29) is 6.04 Å². The largest absolute Gasteiger partial charge is 0.383 e. The molecule has 0 aromatic rings. The van der Waals surface area contributed by atoms with Gasteiger partial charge in [-0.15, -0.1) is 0 Å². The fourth-order valence-electron chi connectivity index (χ4n) is 2.20. The van der Waals surface area contributed by atoms with Crippen LogP contribution >= 0.6 is 0 Å². The summed E-state index contributed by atoms with van der Waals surface area (Å²) in [7, 11) is -1.66. The number of rotatable bonds is 8. The van der Waals surface area contributed by atoms with Crippen molar-refractivity contribution in [3.63, 3.8) is 0 Å². The summed E-state index contributed by atoms with van der Waals surface area (Å²) in [5.74, 6) is 0. The van der Waals surface area contributed by atoms with Gasteiger partial charge in [-0.1, -0.05) is 13.3 Å². The van der Waals surface area contributed by atoms with Crippen LogP contribution in [-0.2, 0) is 14.9 Å². The average molecular weight is 279 g/mol. The summed E-state index contributed by atoms with van der Waals surface area (Å²) in [6, 6.07) is 0.0552. The third-order valence-corrected chi connectivity index (χ3v) is 4.82. The van der Waals surface area contributed by atoms with Gasteiger partial charge in [0.2, 0.25) is 0 Å². The zero-order valence-corrected chi connectivity index (χ0v) is 12.1. The van der Waals surface area contributed by atoms with E-state index in [4.69, 9.17) is 4.74 Å². The summed E-state index contributed by atoms with van der Waals surface area (Å²) in [6.45, 7) is 4.94. The lowest BCUT2D eigenvalue weighted by atomic mass is 10.1. The Labute approximate surface area is 110 Å². The Morgan fingerprint density at radius 1 is 1.39 bits per heavy atom. The molecule has 0 bridgehead atoms. The molecule has 0 aliphatic carbocycles. The molecular weight excluding hydrogens is 254 g/mol. The summed E-state index contributed by atoms with van der Waals surface area (Å²) in [6.07, 6.45) is 2.96. The predicted molar refractivity (Wildman–Crippen MR) is 71.7 cm³/mol. The Kier molecular flexibility index (Phi) is 7.10. The average Bonchev–Trinajstić information content (AvgIpc) is 2.35. The van der Waals surface area contributed by atoms with Gasteiger partial charge in [0.1, 0.15) is 0 Å². The van der Waals surface area contributed by atoms with Crippen molar-refractivity contribution >= 4 is 10.2 Å². The lowest BCUT2D eigenvalue weighted by Gasteiger charge is -2.34. The molecule has 0 radical (unpaired) electrons. The summed E-state index contributed by atoms with van der Waals surface area (Å²) in [5.41, 5.74) is 0. The molecule has 1 fully saturated rings. The smallest absolute Gasteiger partial charge is 0.279 e. The second kappa shape index (κ2) is 8.06. The second-order valence-corrected chi connectivity index (χ2v) is 6.17. The highest BCUT2D eigenvalue weighted by atomic mass is 32.2.